The lowest BCUT2D eigenvalue weighted by Crippen LogP contribution is -2.50. The topological polar surface area (TPSA) is 17.1 Å². The Labute approximate surface area is 164 Å². The average molecular weight is 363 g/mol. The van der Waals surface area contributed by atoms with E-state index in [0.29, 0.717) is 16.6 Å². The van der Waals surface area contributed by atoms with Crippen LogP contribution in [0.2, 0.25) is 0 Å². The van der Waals surface area contributed by atoms with E-state index in [-0.39, 0.29) is 0 Å². The van der Waals surface area contributed by atoms with E-state index >= 15 is 0 Å². The molecule has 0 saturated heterocycles. The molecule has 0 heterocycles. The van der Waals surface area contributed by atoms with Crippen LogP contribution in [0.25, 0.3) is 0 Å². The molecule has 0 aliphatic heterocycles. The summed E-state index contributed by atoms with van der Waals surface area (Å²) < 4.78 is 0. The third-order valence-electron chi connectivity index (χ3n) is 9.48. The Hall–Kier alpha value is -1.37. The van der Waals surface area contributed by atoms with Gasteiger partial charge in [-0.25, -0.2) is 0 Å². The van der Waals surface area contributed by atoms with Crippen molar-refractivity contribution < 1.29 is 4.79 Å². The van der Waals surface area contributed by atoms with E-state index in [4.69, 9.17) is 0 Å². The fourth-order valence-corrected chi connectivity index (χ4v) is 7.90. The molecule has 3 fully saturated rings. The number of hydrogen-bond acceptors (Lipinski definition) is 1. The summed E-state index contributed by atoms with van der Waals surface area (Å²) in [5, 5.41) is 0. The van der Waals surface area contributed by atoms with Gasteiger partial charge in [0.05, 0.1) is 0 Å². The average Bonchev–Trinajstić information content (AvgIpc) is 3.00. The van der Waals surface area contributed by atoms with Crippen LogP contribution < -0.4 is 0 Å². The number of hydrogen-bond donors (Lipinski definition) is 0. The van der Waals surface area contributed by atoms with Gasteiger partial charge >= 0.3 is 0 Å². The molecule has 144 valence electrons. The van der Waals surface area contributed by atoms with Crippen LogP contribution in [-0.2, 0) is 11.2 Å². The van der Waals surface area contributed by atoms with Gasteiger partial charge in [0.25, 0.3) is 0 Å². The van der Waals surface area contributed by atoms with E-state index in [1.165, 1.54) is 56.1 Å². The molecule has 1 aromatic rings. The smallest absolute Gasteiger partial charge is 0.155 e. The molecule has 0 radical (unpaired) electrons. The summed E-state index contributed by atoms with van der Waals surface area (Å²) in [6.07, 6.45) is 13.3. The van der Waals surface area contributed by atoms with Crippen molar-refractivity contribution in [2.45, 2.75) is 71.6 Å². The Balaban J connectivity index is 1.40. The van der Waals surface area contributed by atoms with Crippen molar-refractivity contribution >= 4 is 5.78 Å². The summed E-state index contributed by atoms with van der Waals surface area (Å²) in [4.78, 5) is 12.0. The highest BCUT2D eigenvalue weighted by atomic mass is 16.1. The lowest BCUT2D eigenvalue weighted by molar-refractivity contribution is -0.117. The molecule has 27 heavy (non-hydrogen) atoms. The monoisotopic (exact) mass is 362 g/mol. The van der Waals surface area contributed by atoms with Crippen LogP contribution in [0.15, 0.2) is 42.0 Å². The van der Waals surface area contributed by atoms with Crippen LogP contribution in [0.5, 0.6) is 0 Å². The SMILES string of the molecule is C[C@]12CCC(=O)C=C1CC[C@@H]1[C@H]2CC[C@]2(C)C(Cc3ccccc3)CC[C@@H]12. The van der Waals surface area contributed by atoms with E-state index in [2.05, 4.69) is 44.2 Å². The highest BCUT2D eigenvalue weighted by molar-refractivity contribution is 5.91. The Morgan fingerprint density at radius 3 is 2.56 bits per heavy atom. The van der Waals surface area contributed by atoms with Gasteiger partial charge < -0.3 is 0 Å². The van der Waals surface area contributed by atoms with E-state index in [9.17, 15) is 4.79 Å². The number of benzene rings is 1. The van der Waals surface area contributed by atoms with Gasteiger partial charge in [-0.2, -0.15) is 0 Å². The predicted octanol–water partition coefficient (Wildman–Crippen LogP) is 6.38. The molecule has 0 spiro atoms. The Morgan fingerprint density at radius 2 is 1.74 bits per heavy atom. The first kappa shape index (κ1) is 17.7. The molecule has 1 unspecified atom stereocenters. The summed E-state index contributed by atoms with van der Waals surface area (Å²) in [5.74, 6) is 3.84. The standard InChI is InChI=1S/C26H34O/c1-25-14-12-21(27)17-20(25)8-10-22-23-11-9-19(16-18-6-4-3-5-7-18)26(23,2)15-13-24(22)25/h3-7,17,19,22-24H,8-16H2,1-2H3/t19?,22-,23-,24+,25-,26+/m0/s1. The molecule has 1 nitrogen and oxygen atoms in total. The lowest BCUT2D eigenvalue weighted by Gasteiger charge is -2.58. The predicted molar refractivity (Wildman–Crippen MR) is 110 cm³/mol. The molecular weight excluding hydrogens is 328 g/mol. The summed E-state index contributed by atoms with van der Waals surface area (Å²) in [6.45, 7) is 5.13. The second-order valence-corrected chi connectivity index (χ2v) is 10.5. The Bertz CT molecular complexity index is 762. The van der Waals surface area contributed by atoms with E-state index in [1.807, 2.05) is 6.08 Å². The summed E-state index contributed by atoms with van der Waals surface area (Å²) in [5.41, 5.74) is 3.87. The first-order valence-electron chi connectivity index (χ1n) is 11.3. The third kappa shape index (κ3) is 2.68. The molecule has 0 amide bonds. The maximum absolute atomic E-state index is 12.0. The first-order chi connectivity index (χ1) is 13.0. The highest BCUT2D eigenvalue weighted by Crippen LogP contribution is 2.66. The van der Waals surface area contributed by atoms with E-state index < -0.39 is 0 Å². The summed E-state index contributed by atoms with van der Waals surface area (Å²) in [7, 11) is 0. The lowest BCUT2D eigenvalue weighted by atomic mass is 9.46. The van der Waals surface area contributed by atoms with Gasteiger partial charge in [-0.1, -0.05) is 49.8 Å². The number of fused-ring (bicyclic) bond motifs is 5. The molecule has 4 aliphatic rings. The molecule has 3 saturated carbocycles. The Kier molecular flexibility index (Phi) is 4.15. The van der Waals surface area contributed by atoms with Crippen molar-refractivity contribution in [3.05, 3.63) is 47.5 Å². The highest BCUT2D eigenvalue weighted by Gasteiger charge is 2.58. The van der Waals surface area contributed by atoms with Crippen LogP contribution in [-0.4, -0.2) is 5.78 Å². The maximum Gasteiger partial charge on any atom is 0.155 e. The minimum Gasteiger partial charge on any atom is -0.295 e. The number of rotatable bonds is 2. The molecule has 4 aliphatic carbocycles. The maximum atomic E-state index is 12.0. The van der Waals surface area contributed by atoms with Crippen molar-refractivity contribution in [3.63, 3.8) is 0 Å². The van der Waals surface area contributed by atoms with E-state index in [0.717, 1.165) is 36.5 Å². The second-order valence-electron chi connectivity index (χ2n) is 10.5. The minimum absolute atomic E-state index is 0.315. The van der Waals surface area contributed by atoms with Gasteiger partial charge in [0.1, 0.15) is 0 Å². The molecule has 1 heteroatoms. The summed E-state index contributed by atoms with van der Waals surface area (Å²) >= 11 is 0. The van der Waals surface area contributed by atoms with Gasteiger partial charge in [0, 0.05) is 6.42 Å². The van der Waals surface area contributed by atoms with Gasteiger partial charge in [-0.3, -0.25) is 4.79 Å². The fraction of sp³-hybridized carbons (Fsp3) is 0.654. The molecular formula is C26H34O. The van der Waals surface area contributed by atoms with E-state index in [1.54, 1.807) is 0 Å². The molecule has 0 N–H and O–H groups in total. The van der Waals surface area contributed by atoms with Crippen molar-refractivity contribution in [2.24, 2.45) is 34.5 Å². The normalized spacial score (nSPS) is 43.5. The van der Waals surface area contributed by atoms with Crippen LogP contribution in [0.1, 0.15) is 70.8 Å². The Morgan fingerprint density at radius 1 is 0.926 bits per heavy atom. The zero-order valence-electron chi connectivity index (χ0n) is 17.0. The first-order valence-corrected chi connectivity index (χ1v) is 11.3. The van der Waals surface area contributed by atoms with Gasteiger partial charge in [-0.15, -0.1) is 0 Å². The molecule has 0 bridgehead atoms. The summed E-state index contributed by atoms with van der Waals surface area (Å²) in [6, 6.07) is 11.2. The molecule has 1 aromatic carbocycles. The van der Waals surface area contributed by atoms with Gasteiger partial charge in [0.2, 0.25) is 0 Å². The van der Waals surface area contributed by atoms with Crippen molar-refractivity contribution in [1.29, 1.82) is 0 Å². The number of allylic oxidation sites excluding steroid dienone is 1. The van der Waals surface area contributed by atoms with Crippen molar-refractivity contribution in [2.75, 3.05) is 0 Å². The quantitative estimate of drug-likeness (QED) is 0.597. The zero-order valence-corrected chi connectivity index (χ0v) is 17.0. The number of carbonyl (C=O) groups is 1. The zero-order chi connectivity index (χ0) is 18.6. The van der Waals surface area contributed by atoms with Gasteiger partial charge in [0.15, 0.2) is 5.78 Å². The largest absolute Gasteiger partial charge is 0.295 e. The number of carbonyl (C=O) groups excluding carboxylic acids is 1. The van der Waals surface area contributed by atoms with Crippen LogP contribution in [0, 0.1) is 34.5 Å². The third-order valence-corrected chi connectivity index (χ3v) is 9.48. The second kappa shape index (κ2) is 6.33. The van der Waals surface area contributed by atoms with Gasteiger partial charge in [-0.05, 0) is 97.5 Å². The minimum atomic E-state index is 0.315. The number of ketones is 1. The van der Waals surface area contributed by atoms with Crippen LogP contribution in [0.4, 0.5) is 0 Å². The fourth-order valence-electron chi connectivity index (χ4n) is 7.90. The van der Waals surface area contributed by atoms with Crippen LogP contribution in [0.3, 0.4) is 0 Å². The molecule has 6 atom stereocenters. The van der Waals surface area contributed by atoms with Crippen molar-refractivity contribution in [3.8, 4) is 0 Å². The van der Waals surface area contributed by atoms with Crippen molar-refractivity contribution in [1.82, 2.24) is 0 Å². The van der Waals surface area contributed by atoms with Crippen LogP contribution >= 0.6 is 0 Å². The molecule has 5 rings (SSSR count). The molecule has 0 aromatic heterocycles.